The number of hydrogen-bond acceptors (Lipinski definition) is 3. The smallest absolute Gasteiger partial charge is 0.183 e. The molecule has 0 radical (unpaired) electrons. The number of ether oxygens (including phenoxy) is 1. The van der Waals surface area contributed by atoms with Gasteiger partial charge < -0.3 is 4.74 Å². The van der Waals surface area contributed by atoms with E-state index < -0.39 is 0 Å². The second-order valence-corrected chi connectivity index (χ2v) is 4.27. The van der Waals surface area contributed by atoms with E-state index in [1.807, 2.05) is 5.38 Å². The number of hydrogen-bond donors (Lipinski definition) is 0. The Morgan fingerprint density at radius 2 is 2.07 bits per heavy atom. The first-order chi connectivity index (χ1) is 7.24. The molecule has 1 aromatic carbocycles. The maximum atomic E-state index is 12.6. The van der Waals surface area contributed by atoms with Gasteiger partial charge >= 0.3 is 0 Å². The van der Waals surface area contributed by atoms with Crippen molar-refractivity contribution < 1.29 is 9.13 Å². The Hall–Kier alpha value is -1.13. The average Bonchev–Trinajstić information content (AvgIpc) is 2.64. The van der Waals surface area contributed by atoms with Crippen LogP contribution < -0.4 is 4.74 Å². The van der Waals surface area contributed by atoms with Gasteiger partial charge in [0, 0.05) is 5.38 Å². The molecule has 78 valence electrons. The zero-order chi connectivity index (χ0) is 10.7. The Morgan fingerprint density at radius 3 is 2.67 bits per heavy atom. The van der Waals surface area contributed by atoms with Gasteiger partial charge in [0.25, 0.3) is 0 Å². The van der Waals surface area contributed by atoms with Crippen LogP contribution >= 0.6 is 22.9 Å². The fourth-order valence-electron chi connectivity index (χ4n) is 1.04. The number of halogens is 2. The number of benzene rings is 1. The Balaban J connectivity index is 1.96. The van der Waals surface area contributed by atoms with Gasteiger partial charge in [0.2, 0.25) is 0 Å². The van der Waals surface area contributed by atoms with E-state index in [0.29, 0.717) is 16.8 Å². The van der Waals surface area contributed by atoms with Crippen LogP contribution in [0.1, 0.15) is 5.69 Å². The van der Waals surface area contributed by atoms with Gasteiger partial charge in [0.05, 0.1) is 5.69 Å². The van der Waals surface area contributed by atoms with Crippen molar-refractivity contribution in [2.24, 2.45) is 0 Å². The lowest BCUT2D eigenvalue weighted by atomic mass is 10.3. The first kappa shape index (κ1) is 10.4. The maximum absolute atomic E-state index is 12.6. The highest BCUT2D eigenvalue weighted by molar-refractivity contribution is 7.13. The average molecular weight is 244 g/mol. The maximum Gasteiger partial charge on any atom is 0.183 e. The minimum Gasteiger partial charge on any atom is -0.487 e. The van der Waals surface area contributed by atoms with Crippen LogP contribution in [0.5, 0.6) is 5.75 Å². The quantitative estimate of drug-likeness (QED) is 0.823. The second-order valence-electron chi connectivity index (χ2n) is 2.83. The fourth-order valence-corrected chi connectivity index (χ4v) is 1.80. The van der Waals surface area contributed by atoms with Crippen LogP contribution in [0.2, 0.25) is 4.47 Å². The summed E-state index contributed by atoms with van der Waals surface area (Å²) < 4.78 is 18.4. The van der Waals surface area contributed by atoms with E-state index in [9.17, 15) is 4.39 Å². The molecule has 0 amide bonds. The first-order valence-electron chi connectivity index (χ1n) is 4.22. The van der Waals surface area contributed by atoms with Crippen LogP contribution in [0.15, 0.2) is 29.6 Å². The molecule has 0 aliphatic rings. The highest BCUT2D eigenvalue weighted by atomic mass is 35.5. The Kier molecular flexibility index (Phi) is 3.18. The molecule has 0 saturated heterocycles. The van der Waals surface area contributed by atoms with Crippen molar-refractivity contribution in [2.45, 2.75) is 6.61 Å². The molecule has 2 rings (SSSR count). The zero-order valence-corrected chi connectivity index (χ0v) is 9.19. The highest BCUT2D eigenvalue weighted by Gasteiger charge is 2.00. The Labute approximate surface area is 95.3 Å². The third-order valence-corrected chi connectivity index (χ3v) is 2.75. The van der Waals surface area contributed by atoms with Gasteiger partial charge in [-0.1, -0.05) is 11.6 Å². The van der Waals surface area contributed by atoms with Gasteiger partial charge in [-0.15, -0.1) is 11.3 Å². The molecule has 15 heavy (non-hydrogen) atoms. The van der Waals surface area contributed by atoms with E-state index in [-0.39, 0.29) is 5.82 Å². The van der Waals surface area contributed by atoms with Crippen molar-refractivity contribution in [1.29, 1.82) is 0 Å². The molecule has 0 aliphatic heterocycles. The summed E-state index contributed by atoms with van der Waals surface area (Å²) in [6.45, 7) is 0.342. The molecular weight excluding hydrogens is 237 g/mol. The summed E-state index contributed by atoms with van der Waals surface area (Å²) in [6, 6.07) is 5.85. The number of rotatable bonds is 3. The van der Waals surface area contributed by atoms with Gasteiger partial charge in [-0.25, -0.2) is 9.37 Å². The van der Waals surface area contributed by atoms with Gasteiger partial charge in [0.15, 0.2) is 4.47 Å². The molecule has 0 aliphatic carbocycles. The van der Waals surface area contributed by atoms with Crippen molar-refractivity contribution in [3.8, 4) is 5.75 Å². The lowest BCUT2D eigenvalue weighted by Gasteiger charge is -2.02. The molecule has 2 nitrogen and oxygen atoms in total. The van der Waals surface area contributed by atoms with E-state index in [1.165, 1.54) is 23.5 Å². The largest absolute Gasteiger partial charge is 0.487 e. The van der Waals surface area contributed by atoms with Gasteiger partial charge in [0.1, 0.15) is 18.2 Å². The van der Waals surface area contributed by atoms with Crippen LogP contribution in [-0.4, -0.2) is 4.98 Å². The molecule has 0 saturated carbocycles. The van der Waals surface area contributed by atoms with Gasteiger partial charge in [-0.05, 0) is 24.3 Å². The number of aromatic nitrogens is 1. The van der Waals surface area contributed by atoms with E-state index in [1.54, 1.807) is 12.1 Å². The lowest BCUT2D eigenvalue weighted by Crippen LogP contribution is -1.95. The minimum atomic E-state index is -0.279. The first-order valence-corrected chi connectivity index (χ1v) is 5.48. The normalized spacial score (nSPS) is 10.3. The van der Waals surface area contributed by atoms with E-state index in [0.717, 1.165) is 5.69 Å². The zero-order valence-electron chi connectivity index (χ0n) is 7.61. The monoisotopic (exact) mass is 243 g/mol. The van der Waals surface area contributed by atoms with Crippen molar-refractivity contribution in [1.82, 2.24) is 4.98 Å². The lowest BCUT2D eigenvalue weighted by molar-refractivity contribution is 0.301. The summed E-state index contributed by atoms with van der Waals surface area (Å²) in [7, 11) is 0. The molecule has 1 heterocycles. The molecule has 0 spiro atoms. The SMILES string of the molecule is Fc1ccc(OCc2csc(Cl)n2)cc1. The van der Waals surface area contributed by atoms with Crippen LogP contribution in [0, 0.1) is 5.82 Å². The molecular formula is C10H7ClFNOS. The molecule has 0 unspecified atom stereocenters. The summed E-state index contributed by atoms with van der Waals surface area (Å²) in [5.41, 5.74) is 0.773. The van der Waals surface area contributed by atoms with E-state index >= 15 is 0 Å². The predicted octanol–water partition coefficient (Wildman–Crippen LogP) is 3.51. The summed E-state index contributed by atoms with van der Waals surface area (Å²) in [5, 5.41) is 1.83. The summed E-state index contributed by atoms with van der Waals surface area (Å²) >= 11 is 7.02. The summed E-state index contributed by atoms with van der Waals surface area (Å²) in [5.74, 6) is 0.333. The Morgan fingerprint density at radius 1 is 1.33 bits per heavy atom. The topological polar surface area (TPSA) is 22.1 Å². The molecule has 1 aromatic heterocycles. The van der Waals surface area contributed by atoms with Crippen LogP contribution in [0.25, 0.3) is 0 Å². The van der Waals surface area contributed by atoms with Crippen molar-refractivity contribution >= 4 is 22.9 Å². The van der Waals surface area contributed by atoms with Crippen LogP contribution in [-0.2, 0) is 6.61 Å². The van der Waals surface area contributed by atoms with Crippen molar-refractivity contribution in [2.75, 3.05) is 0 Å². The number of thiazole rings is 1. The highest BCUT2D eigenvalue weighted by Crippen LogP contribution is 2.17. The minimum absolute atomic E-state index is 0.279. The molecule has 5 heteroatoms. The fraction of sp³-hybridized carbons (Fsp3) is 0.100. The third kappa shape index (κ3) is 2.91. The Bertz CT molecular complexity index is 443. The summed E-state index contributed by atoms with van der Waals surface area (Å²) in [6.07, 6.45) is 0. The number of nitrogens with zero attached hydrogens (tertiary/aromatic N) is 1. The molecule has 0 bridgehead atoms. The molecule has 0 N–H and O–H groups in total. The van der Waals surface area contributed by atoms with Gasteiger partial charge in [-0.3, -0.25) is 0 Å². The van der Waals surface area contributed by atoms with Crippen molar-refractivity contribution in [3.05, 3.63) is 45.6 Å². The third-order valence-electron chi connectivity index (χ3n) is 1.72. The standard InChI is InChI=1S/C10H7ClFNOS/c11-10-13-8(6-15-10)5-14-9-3-1-7(12)2-4-9/h1-4,6H,5H2. The van der Waals surface area contributed by atoms with Gasteiger partial charge in [-0.2, -0.15) is 0 Å². The van der Waals surface area contributed by atoms with E-state index in [2.05, 4.69) is 4.98 Å². The van der Waals surface area contributed by atoms with Crippen LogP contribution in [0.4, 0.5) is 4.39 Å². The molecule has 2 aromatic rings. The molecule has 0 fully saturated rings. The van der Waals surface area contributed by atoms with Crippen LogP contribution in [0.3, 0.4) is 0 Å². The molecule has 0 atom stereocenters. The van der Waals surface area contributed by atoms with Crippen molar-refractivity contribution in [3.63, 3.8) is 0 Å². The second kappa shape index (κ2) is 4.59. The van der Waals surface area contributed by atoms with E-state index in [4.69, 9.17) is 16.3 Å². The predicted molar refractivity (Wildman–Crippen MR) is 57.9 cm³/mol. The summed E-state index contributed by atoms with van der Waals surface area (Å²) in [4.78, 5) is 4.03.